The first-order valence-electron chi connectivity index (χ1n) is 6.21. The van der Waals surface area contributed by atoms with E-state index in [1.165, 1.54) is 6.92 Å². The molecular formula is C14H18N2O2. The van der Waals surface area contributed by atoms with E-state index in [0.717, 1.165) is 29.8 Å². The fraction of sp³-hybridized carbons (Fsp3) is 0.429. The van der Waals surface area contributed by atoms with Gasteiger partial charge in [-0.15, -0.1) is 0 Å². The van der Waals surface area contributed by atoms with E-state index in [0.29, 0.717) is 13.0 Å². The highest BCUT2D eigenvalue weighted by Gasteiger charge is 2.21. The standard InChI is InChI=1S/C14H18N2O2/c1-10-5-6-13(15-11(2)17)12(8-10)9-16-7-3-4-14(16)18/h5-6,8H,3-4,7,9H2,1-2H3,(H,15,17). The first-order chi connectivity index (χ1) is 8.56. The number of carbonyl (C=O) groups is 2. The highest BCUT2D eigenvalue weighted by atomic mass is 16.2. The predicted molar refractivity (Wildman–Crippen MR) is 70.1 cm³/mol. The Morgan fingerprint density at radius 3 is 2.83 bits per heavy atom. The average molecular weight is 246 g/mol. The third kappa shape index (κ3) is 2.88. The molecule has 0 bridgehead atoms. The van der Waals surface area contributed by atoms with Crippen molar-refractivity contribution in [1.29, 1.82) is 0 Å². The maximum atomic E-state index is 11.6. The van der Waals surface area contributed by atoms with Crippen LogP contribution in [0, 0.1) is 6.92 Å². The summed E-state index contributed by atoms with van der Waals surface area (Å²) in [6.45, 7) is 4.89. The largest absolute Gasteiger partial charge is 0.338 e. The summed E-state index contributed by atoms with van der Waals surface area (Å²) in [6, 6.07) is 5.88. The minimum Gasteiger partial charge on any atom is -0.338 e. The number of nitrogens with zero attached hydrogens (tertiary/aromatic N) is 1. The van der Waals surface area contributed by atoms with Crippen LogP contribution in [0.1, 0.15) is 30.9 Å². The molecule has 1 aromatic rings. The summed E-state index contributed by atoms with van der Waals surface area (Å²) < 4.78 is 0. The zero-order chi connectivity index (χ0) is 13.1. The van der Waals surface area contributed by atoms with Crippen LogP contribution in [-0.4, -0.2) is 23.3 Å². The van der Waals surface area contributed by atoms with Crippen LogP contribution in [0.3, 0.4) is 0 Å². The number of likely N-dealkylation sites (tertiary alicyclic amines) is 1. The van der Waals surface area contributed by atoms with E-state index >= 15 is 0 Å². The summed E-state index contributed by atoms with van der Waals surface area (Å²) in [5.74, 6) is 0.109. The normalized spacial score (nSPS) is 15.0. The molecule has 2 amide bonds. The van der Waals surface area contributed by atoms with Gasteiger partial charge in [0.1, 0.15) is 0 Å². The van der Waals surface area contributed by atoms with Crippen LogP contribution in [0.2, 0.25) is 0 Å². The lowest BCUT2D eigenvalue weighted by Crippen LogP contribution is -2.24. The van der Waals surface area contributed by atoms with E-state index in [-0.39, 0.29) is 11.8 Å². The quantitative estimate of drug-likeness (QED) is 0.887. The second kappa shape index (κ2) is 5.21. The molecule has 0 saturated carbocycles. The second-order valence-electron chi connectivity index (χ2n) is 4.76. The Bertz CT molecular complexity index is 483. The van der Waals surface area contributed by atoms with Crippen LogP contribution < -0.4 is 5.32 Å². The van der Waals surface area contributed by atoms with Crippen molar-refractivity contribution >= 4 is 17.5 Å². The number of amides is 2. The fourth-order valence-corrected chi connectivity index (χ4v) is 2.24. The van der Waals surface area contributed by atoms with Crippen molar-refractivity contribution in [3.63, 3.8) is 0 Å². The van der Waals surface area contributed by atoms with Crippen molar-refractivity contribution < 1.29 is 9.59 Å². The molecule has 96 valence electrons. The molecule has 1 N–H and O–H groups in total. The van der Waals surface area contributed by atoms with Crippen LogP contribution in [0.15, 0.2) is 18.2 Å². The molecule has 1 fully saturated rings. The maximum Gasteiger partial charge on any atom is 0.222 e. The van der Waals surface area contributed by atoms with Gasteiger partial charge in [0.15, 0.2) is 0 Å². The molecule has 1 aromatic carbocycles. The van der Waals surface area contributed by atoms with Crippen molar-refractivity contribution in [2.24, 2.45) is 0 Å². The Labute approximate surface area is 107 Å². The molecule has 0 aliphatic carbocycles. The van der Waals surface area contributed by atoms with Gasteiger partial charge in [-0.05, 0) is 25.0 Å². The van der Waals surface area contributed by atoms with Crippen LogP contribution in [0.5, 0.6) is 0 Å². The number of aryl methyl sites for hydroxylation is 1. The minimum absolute atomic E-state index is 0.0900. The number of anilines is 1. The van der Waals surface area contributed by atoms with Gasteiger partial charge in [-0.3, -0.25) is 9.59 Å². The van der Waals surface area contributed by atoms with Gasteiger partial charge in [-0.2, -0.15) is 0 Å². The van der Waals surface area contributed by atoms with E-state index in [4.69, 9.17) is 0 Å². The summed E-state index contributed by atoms with van der Waals surface area (Å²) in [5, 5.41) is 2.81. The Hall–Kier alpha value is -1.84. The third-order valence-electron chi connectivity index (χ3n) is 3.10. The van der Waals surface area contributed by atoms with E-state index < -0.39 is 0 Å². The van der Waals surface area contributed by atoms with Gasteiger partial charge in [-0.1, -0.05) is 17.7 Å². The molecule has 1 aliphatic heterocycles. The number of benzene rings is 1. The molecule has 0 atom stereocenters. The summed E-state index contributed by atoms with van der Waals surface area (Å²) in [5.41, 5.74) is 2.93. The summed E-state index contributed by atoms with van der Waals surface area (Å²) in [4.78, 5) is 24.6. The Balaban J connectivity index is 2.21. The molecule has 2 rings (SSSR count). The Morgan fingerprint density at radius 1 is 1.44 bits per heavy atom. The Kier molecular flexibility index (Phi) is 3.65. The van der Waals surface area contributed by atoms with Crippen LogP contribution in [0.25, 0.3) is 0 Å². The van der Waals surface area contributed by atoms with Crippen molar-refractivity contribution in [3.05, 3.63) is 29.3 Å². The molecule has 0 aromatic heterocycles. The van der Waals surface area contributed by atoms with Gasteiger partial charge >= 0.3 is 0 Å². The molecule has 18 heavy (non-hydrogen) atoms. The fourth-order valence-electron chi connectivity index (χ4n) is 2.24. The SMILES string of the molecule is CC(=O)Nc1ccc(C)cc1CN1CCCC1=O. The number of hydrogen-bond acceptors (Lipinski definition) is 2. The summed E-state index contributed by atoms with van der Waals surface area (Å²) in [7, 11) is 0. The Morgan fingerprint density at radius 2 is 2.22 bits per heavy atom. The minimum atomic E-state index is -0.0900. The molecule has 4 heteroatoms. The predicted octanol–water partition coefficient (Wildman–Crippen LogP) is 2.08. The zero-order valence-electron chi connectivity index (χ0n) is 10.8. The van der Waals surface area contributed by atoms with Crippen molar-refractivity contribution in [3.8, 4) is 0 Å². The van der Waals surface area contributed by atoms with Gasteiger partial charge in [0, 0.05) is 32.1 Å². The molecule has 0 radical (unpaired) electrons. The van der Waals surface area contributed by atoms with Gasteiger partial charge in [-0.25, -0.2) is 0 Å². The number of rotatable bonds is 3. The van der Waals surface area contributed by atoms with E-state index in [2.05, 4.69) is 5.32 Å². The van der Waals surface area contributed by atoms with Crippen molar-refractivity contribution in [2.75, 3.05) is 11.9 Å². The van der Waals surface area contributed by atoms with Crippen molar-refractivity contribution in [1.82, 2.24) is 4.90 Å². The maximum absolute atomic E-state index is 11.6. The lowest BCUT2D eigenvalue weighted by atomic mass is 10.1. The van der Waals surface area contributed by atoms with Crippen LogP contribution >= 0.6 is 0 Å². The number of hydrogen-bond donors (Lipinski definition) is 1. The second-order valence-corrected chi connectivity index (χ2v) is 4.76. The highest BCUT2D eigenvalue weighted by Crippen LogP contribution is 2.22. The molecule has 1 saturated heterocycles. The lowest BCUT2D eigenvalue weighted by molar-refractivity contribution is -0.128. The van der Waals surface area contributed by atoms with Crippen molar-refractivity contribution in [2.45, 2.75) is 33.2 Å². The van der Waals surface area contributed by atoms with Gasteiger partial charge in [0.05, 0.1) is 0 Å². The van der Waals surface area contributed by atoms with E-state index in [9.17, 15) is 9.59 Å². The summed E-state index contributed by atoms with van der Waals surface area (Å²) in [6.07, 6.45) is 1.57. The molecular weight excluding hydrogens is 228 g/mol. The number of nitrogens with one attached hydrogen (secondary N) is 1. The monoisotopic (exact) mass is 246 g/mol. The average Bonchev–Trinajstić information content (AvgIpc) is 2.68. The highest BCUT2D eigenvalue weighted by molar-refractivity contribution is 5.89. The molecule has 0 spiro atoms. The third-order valence-corrected chi connectivity index (χ3v) is 3.10. The molecule has 4 nitrogen and oxygen atoms in total. The lowest BCUT2D eigenvalue weighted by Gasteiger charge is -2.18. The topological polar surface area (TPSA) is 49.4 Å². The smallest absolute Gasteiger partial charge is 0.222 e. The molecule has 1 aliphatic rings. The first kappa shape index (κ1) is 12.6. The van der Waals surface area contributed by atoms with Gasteiger partial charge < -0.3 is 10.2 Å². The van der Waals surface area contributed by atoms with Crippen LogP contribution in [0.4, 0.5) is 5.69 Å². The van der Waals surface area contributed by atoms with E-state index in [1.807, 2.05) is 30.0 Å². The molecule has 0 unspecified atom stereocenters. The number of carbonyl (C=O) groups excluding carboxylic acids is 2. The summed E-state index contributed by atoms with van der Waals surface area (Å²) >= 11 is 0. The van der Waals surface area contributed by atoms with E-state index in [1.54, 1.807) is 0 Å². The zero-order valence-corrected chi connectivity index (χ0v) is 10.8. The first-order valence-corrected chi connectivity index (χ1v) is 6.21. The van der Waals surface area contributed by atoms with Crippen LogP contribution in [-0.2, 0) is 16.1 Å². The molecule has 1 heterocycles. The van der Waals surface area contributed by atoms with Gasteiger partial charge in [0.25, 0.3) is 0 Å². The van der Waals surface area contributed by atoms with Gasteiger partial charge in [0.2, 0.25) is 11.8 Å².